The summed E-state index contributed by atoms with van der Waals surface area (Å²) in [6.07, 6.45) is -11.6. The fourth-order valence-corrected chi connectivity index (χ4v) is 0.993. The first-order valence-corrected chi connectivity index (χ1v) is 5.12. The molecule has 9 nitrogen and oxygen atoms in total. The third-order valence-electron chi connectivity index (χ3n) is 2.15. The van der Waals surface area contributed by atoms with Crippen LogP contribution in [-0.4, -0.2) is 85.1 Å². The first-order chi connectivity index (χ1) is 8.22. The molecule has 10 heteroatoms. The Morgan fingerprint density at radius 3 is 1.89 bits per heavy atom. The molecule has 0 spiro atoms. The Labute approximate surface area is 132 Å². The van der Waals surface area contributed by atoms with Crippen molar-refractivity contribution in [1.82, 2.24) is 0 Å². The number of aliphatic hydroxyl groups is 7. The van der Waals surface area contributed by atoms with Gasteiger partial charge in [0.05, 0.1) is 6.61 Å². The van der Waals surface area contributed by atoms with Gasteiger partial charge < -0.3 is 41.9 Å². The van der Waals surface area contributed by atoms with Gasteiger partial charge in [0.2, 0.25) is 6.29 Å². The maximum atomic E-state index is 10.9. The van der Waals surface area contributed by atoms with Gasteiger partial charge in [0.25, 0.3) is 0 Å². The summed E-state index contributed by atoms with van der Waals surface area (Å²) >= 11 is 0. The standard InChI is InChI=1S/C9H18O9.Na.H/c1-3(11)8(16)18-9(17)7(15)6(14)5(13)4(12)2-10;;/h3-7,9-15,17H,2H2,1H3;;/q;+1;-1/t3?,4-,5-,6+,7-,9?;;/m1../s1. The number of esters is 1. The van der Waals surface area contributed by atoms with Gasteiger partial charge >= 0.3 is 35.5 Å². The zero-order chi connectivity index (χ0) is 14.5. The second-order valence-electron chi connectivity index (χ2n) is 3.73. The first-order valence-electron chi connectivity index (χ1n) is 5.12. The van der Waals surface area contributed by atoms with E-state index in [1.165, 1.54) is 0 Å². The normalized spacial score (nSPS) is 20.4. The van der Waals surface area contributed by atoms with E-state index in [9.17, 15) is 25.2 Å². The summed E-state index contributed by atoms with van der Waals surface area (Å²) in [6.45, 7) is 0.177. The topological polar surface area (TPSA) is 168 Å². The van der Waals surface area contributed by atoms with Crippen molar-refractivity contribution in [2.45, 2.75) is 43.7 Å². The van der Waals surface area contributed by atoms with Crippen molar-refractivity contribution in [3.63, 3.8) is 0 Å². The molecule has 0 fully saturated rings. The molecule has 0 saturated heterocycles. The van der Waals surface area contributed by atoms with E-state index in [0.29, 0.717) is 0 Å². The predicted molar refractivity (Wildman–Crippen MR) is 56.0 cm³/mol. The molecule has 0 heterocycles. The van der Waals surface area contributed by atoms with Crippen LogP contribution in [0.2, 0.25) is 0 Å². The Bertz CT molecular complexity index is 268. The predicted octanol–water partition coefficient (Wildman–Crippen LogP) is -7.22. The molecule has 0 aliphatic carbocycles. The molecule has 0 bridgehead atoms. The molecule has 2 unspecified atom stereocenters. The molecule has 0 aliphatic rings. The summed E-state index contributed by atoms with van der Waals surface area (Å²) in [6, 6.07) is 0. The maximum absolute atomic E-state index is 10.9. The molecule has 0 amide bonds. The largest absolute Gasteiger partial charge is 1.00 e. The van der Waals surface area contributed by atoms with Crippen LogP contribution >= 0.6 is 0 Å². The van der Waals surface area contributed by atoms with Gasteiger partial charge in [-0.3, -0.25) is 0 Å². The second kappa shape index (κ2) is 10.00. The molecule has 6 atom stereocenters. The minimum Gasteiger partial charge on any atom is -1.00 e. The van der Waals surface area contributed by atoms with E-state index in [-0.39, 0.29) is 31.0 Å². The van der Waals surface area contributed by atoms with Crippen molar-refractivity contribution in [2.24, 2.45) is 0 Å². The number of hydrogen-bond donors (Lipinski definition) is 7. The quantitative estimate of drug-likeness (QED) is 0.137. The van der Waals surface area contributed by atoms with E-state index in [0.717, 1.165) is 6.92 Å². The fraction of sp³-hybridized carbons (Fsp3) is 0.889. The summed E-state index contributed by atoms with van der Waals surface area (Å²) in [7, 11) is 0. The molecule has 0 radical (unpaired) electrons. The SMILES string of the molecule is CC(O)C(=O)OC(O)[C@H](O)[C@@H](O)[C@H](O)[C@H](O)CO.[H-].[Na+]. The second-order valence-corrected chi connectivity index (χ2v) is 3.73. The van der Waals surface area contributed by atoms with Crippen LogP contribution in [0.1, 0.15) is 8.35 Å². The molecule has 0 saturated carbocycles. The zero-order valence-corrected chi connectivity index (χ0v) is 12.6. The summed E-state index contributed by atoms with van der Waals surface area (Å²) in [4.78, 5) is 10.9. The van der Waals surface area contributed by atoms with Gasteiger partial charge in [-0.2, -0.15) is 0 Å². The van der Waals surface area contributed by atoms with Gasteiger partial charge in [0.15, 0.2) is 0 Å². The summed E-state index contributed by atoms with van der Waals surface area (Å²) in [5.41, 5.74) is 0. The van der Waals surface area contributed by atoms with Crippen LogP contribution in [0.4, 0.5) is 0 Å². The van der Waals surface area contributed by atoms with Gasteiger partial charge in [-0.25, -0.2) is 4.79 Å². The van der Waals surface area contributed by atoms with Crippen molar-refractivity contribution < 1.29 is 76.3 Å². The van der Waals surface area contributed by atoms with Crippen LogP contribution in [0.25, 0.3) is 0 Å². The van der Waals surface area contributed by atoms with Crippen LogP contribution in [0, 0.1) is 0 Å². The average molecular weight is 294 g/mol. The van der Waals surface area contributed by atoms with E-state index < -0.39 is 49.4 Å². The number of hydrogen-bond acceptors (Lipinski definition) is 9. The van der Waals surface area contributed by atoms with Crippen molar-refractivity contribution in [1.29, 1.82) is 0 Å². The van der Waals surface area contributed by atoms with E-state index in [1.807, 2.05) is 0 Å². The third-order valence-corrected chi connectivity index (χ3v) is 2.15. The Kier molecular flexibility index (Phi) is 11.3. The van der Waals surface area contributed by atoms with Crippen LogP contribution in [-0.2, 0) is 9.53 Å². The summed E-state index contributed by atoms with van der Waals surface area (Å²) in [5.74, 6) is -1.24. The fourth-order valence-electron chi connectivity index (χ4n) is 0.993. The van der Waals surface area contributed by atoms with Gasteiger partial charge in [0, 0.05) is 0 Å². The van der Waals surface area contributed by atoms with Crippen molar-refractivity contribution in [3.05, 3.63) is 0 Å². The molecule has 19 heavy (non-hydrogen) atoms. The van der Waals surface area contributed by atoms with E-state index in [2.05, 4.69) is 4.74 Å². The minimum absolute atomic E-state index is 0. The van der Waals surface area contributed by atoms with E-state index in [4.69, 9.17) is 15.3 Å². The van der Waals surface area contributed by atoms with Crippen molar-refractivity contribution in [2.75, 3.05) is 6.61 Å². The monoisotopic (exact) mass is 294 g/mol. The summed E-state index contributed by atoms with van der Waals surface area (Å²) < 4.78 is 4.16. The first kappa shape index (κ1) is 21.5. The molecular formula is C9H19NaO9. The van der Waals surface area contributed by atoms with Crippen LogP contribution in [0.3, 0.4) is 0 Å². The smallest absolute Gasteiger partial charge is 1.00 e. The van der Waals surface area contributed by atoms with Gasteiger partial charge in [-0.05, 0) is 6.92 Å². The Morgan fingerprint density at radius 1 is 1.05 bits per heavy atom. The molecule has 0 aromatic carbocycles. The number of aliphatic hydroxyl groups excluding tert-OH is 7. The summed E-state index contributed by atoms with van der Waals surface area (Å²) in [5, 5.41) is 63.3. The Balaban J connectivity index is -0.00000144. The van der Waals surface area contributed by atoms with Crippen molar-refractivity contribution >= 4 is 5.97 Å². The van der Waals surface area contributed by atoms with Crippen LogP contribution < -0.4 is 29.6 Å². The van der Waals surface area contributed by atoms with Crippen LogP contribution in [0.5, 0.6) is 0 Å². The molecule has 0 aliphatic heterocycles. The Morgan fingerprint density at radius 2 is 1.53 bits per heavy atom. The minimum atomic E-state index is -2.21. The molecule has 0 rings (SSSR count). The van der Waals surface area contributed by atoms with Gasteiger partial charge in [-0.15, -0.1) is 0 Å². The van der Waals surface area contributed by atoms with Crippen molar-refractivity contribution in [3.8, 4) is 0 Å². The number of carbonyl (C=O) groups is 1. The third kappa shape index (κ3) is 6.95. The van der Waals surface area contributed by atoms with E-state index in [1.54, 1.807) is 0 Å². The number of ether oxygens (including phenoxy) is 1. The Hall–Kier alpha value is 0.190. The number of rotatable bonds is 7. The number of carbonyl (C=O) groups excluding carboxylic acids is 1. The molecular weight excluding hydrogens is 275 g/mol. The molecule has 7 N–H and O–H groups in total. The molecule has 0 aromatic heterocycles. The average Bonchev–Trinajstić information content (AvgIpc) is 2.34. The van der Waals surface area contributed by atoms with Gasteiger partial charge in [0.1, 0.15) is 30.5 Å². The zero-order valence-electron chi connectivity index (χ0n) is 11.6. The van der Waals surface area contributed by atoms with Gasteiger partial charge in [-0.1, -0.05) is 0 Å². The van der Waals surface area contributed by atoms with Crippen LogP contribution in [0.15, 0.2) is 0 Å². The maximum Gasteiger partial charge on any atom is 1.00 e. The van der Waals surface area contributed by atoms with E-state index >= 15 is 0 Å². The molecule has 0 aromatic rings. The molecule has 110 valence electrons.